The molecule has 0 atom stereocenters. The average molecular weight is 499 g/mol. The lowest BCUT2D eigenvalue weighted by Gasteiger charge is -2.25. The SMILES string of the molecule is CN(C)CCNCCNc1ccc(NCCNCCN(C)C)c2c1C(=O)c1c(O)ccc(O)c1C2=O. The Labute approximate surface area is 212 Å². The first-order valence-corrected chi connectivity index (χ1v) is 12.2. The van der Waals surface area contributed by atoms with Gasteiger partial charge in [-0.25, -0.2) is 0 Å². The van der Waals surface area contributed by atoms with Gasteiger partial charge >= 0.3 is 0 Å². The molecule has 2 aromatic carbocycles. The summed E-state index contributed by atoms with van der Waals surface area (Å²) in [6, 6.07) is 6.01. The summed E-state index contributed by atoms with van der Waals surface area (Å²) in [6.45, 7) is 5.91. The number of phenolic OH excluding ortho intramolecular Hbond substituents is 2. The summed E-state index contributed by atoms with van der Waals surface area (Å²) in [7, 11) is 8.04. The number of hydrogen-bond acceptors (Lipinski definition) is 10. The lowest BCUT2D eigenvalue weighted by Crippen LogP contribution is -2.31. The maximum absolute atomic E-state index is 13.6. The van der Waals surface area contributed by atoms with Crippen molar-refractivity contribution < 1.29 is 19.8 Å². The monoisotopic (exact) mass is 498 g/mol. The molecule has 2 aromatic rings. The fourth-order valence-electron chi connectivity index (χ4n) is 4.09. The van der Waals surface area contributed by atoms with Crippen molar-refractivity contribution in [1.29, 1.82) is 0 Å². The van der Waals surface area contributed by atoms with E-state index in [1.807, 2.05) is 28.2 Å². The smallest absolute Gasteiger partial charge is 0.200 e. The molecule has 10 nitrogen and oxygen atoms in total. The fourth-order valence-corrected chi connectivity index (χ4v) is 4.09. The highest BCUT2D eigenvalue weighted by Crippen LogP contribution is 2.42. The molecule has 0 spiro atoms. The van der Waals surface area contributed by atoms with Crippen LogP contribution in [0.1, 0.15) is 31.8 Å². The van der Waals surface area contributed by atoms with Gasteiger partial charge in [-0.2, -0.15) is 0 Å². The first kappa shape index (κ1) is 27.4. The van der Waals surface area contributed by atoms with E-state index in [9.17, 15) is 19.8 Å². The number of anilines is 2. The Balaban J connectivity index is 1.83. The third kappa shape index (κ3) is 6.52. The normalized spacial score (nSPS) is 12.7. The van der Waals surface area contributed by atoms with Crippen LogP contribution in [0.25, 0.3) is 0 Å². The molecule has 0 aliphatic heterocycles. The van der Waals surface area contributed by atoms with E-state index in [1.54, 1.807) is 12.1 Å². The van der Waals surface area contributed by atoms with Crippen LogP contribution in [-0.4, -0.2) is 112 Å². The van der Waals surface area contributed by atoms with E-state index in [2.05, 4.69) is 31.1 Å². The highest BCUT2D eigenvalue weighted by molar-refractivity contribution is 6.33. The molecule has 6 N–H and O–H groups in total. The van der Waals surface area contributed by atoms with E-state index >= 15 is 0 Å². The molecule has 10 heteroatoms. The minimum Gasteiger partial charge on any atom is -0.507 e. The van der Waals surface area contributed by atoms with Crippen molar-refractivity contribution in [3.63, 3.8) is 0 Å². The van der Waals surface area contributed by atoms with Crippen LogP contribution in [0.4, 0.5) is 11.4 Å². The predicted octanol–water partition coefficient (Wildman–Crippen LogP) is 0.999. The number of carbonyl (C=O) groups excluding carboxylic acids is 2. The van der Waals surface area contributed by atoms with Crippen molar-refractivity contribution in [2.75, 3.05) is 91.2 Å². The van der Waals surface area contributed by atoms with Crippen molar-refractivity contribution in [3.05, 3.63) is 46.5 Å². The Bertz CT molecular complexity index is 1000. The first-order chi connectivity index (χ1) is 17.2. The van der Waals surface area contributed by atoms with Crippen molar-refractivity contribution in [1.82, 2.24) is 20.4 Å². The summed E-state index contributed by atoms with van der Waals surface area (Å²) < 4.78 is 0. The molecular weight excluding hydrogens is 460 g/mol. The number of benzene rings is 2. The van der Waals surface area contributed by atoms with E-state index in [1.165, 1.54) is 12.1 Å². The van der Waals surface area contributed by atoms with Gasteiger partial charge in [-0.3, -0.25) is 9.59 Å². The number of likely N-dealkylation sites (N-methyl/N-ethyl adjacent to an activating group) is 2. The number of carbonyl (C=O) groups is 2. The Morgan fingerprint density at radius 1 is 0.583 bits per heavy atom. The molecule has 3 rings (SSSR count). The van der Waals surface area contributed by atoms with Gasteiger partial charge in [0.1, 0.15) is 11.5 Å². The number of nitrogens with one attached hydrogen (secondary N) is 4. The first-order valence-electron chi connectivity index (χ1n) is 12.2. The van der Waals surface area contributed by atoms with E-state index < -0.39 is 11.6 Å². The average Bonchev–Trinajstić information content (AvgIpc) is 2.83. The van der Waals surface area contributed by atoms with Gasteiger partial charge in [0.15, 0.2) is 0 Å². The lowest BCUT2D eigenvalue weighted by molar-refractivity contribution is 0.0975. The Kier molecular flexibility index (Phi) is 9.65. The summed E-state index contributed by atoms with van der Waals surface area (Å²) in [5.74, 6) is -1.65. The van der Waals surface area contributed by atoms with Gasteiger partial charge in [-0.15, -0.1) is 0 Å². The number of hydrogen-bond donors (Lipinski definition) is 6. The van der Waals surface area contributed by atoms with Crippen LogP contribution >= 0.6 is 0 Å². The quantitative estimate of drug-likeness (QED) is 0.141. The molecule has 196 valence electrons. The zero-order chi connectivity index (χ0) is 26.2. The molecule has 1 aliphatic carbocycles. The second kappa shape index (κ2) is 12.7. The zero-order valence-electron chi connectivity index (χ0n) is 21.6. The molecule has 0 unspecified atom stereocenters. The maximum Gasteiger partial charge on any atom is 0.200 e. The number of fused-ring (bicyclic) bond motifs is 2. The Morgan fingerprint density at radius 2 is 0.972 bits per heavy atom. The number of rotatable bonds is 14. The third-order valence-electron chi connectivity index (χ3n) is 5.98. The topological polar surface area (TPSA) is 129 Å². The van der Waals surface area contributed by atoms with Gasteiger partial charge < -0.3 is 41.3 Å². The maximum atomic E-state index is 13.6. The molecule has 0 saturated carbocycles. The molecule has 0 amide bonds. The van der Waals surface area contributed by atoms with Crippen LogP contribution < -0.4 is 21.3 Å². The molecule has 0 saturated heterocycles. The Hall–Kier alpha value is -3.18. The zero-order valence-corrected chi connectivity index (χ0v) is 21.6. The molecule has 0 heterocycles. The van der Waals surface area contributed by atoms with E-state index in [0.29, 0.717) is 37.6 Å². The van der Waals surface area contributed by atoms with Crippen molar-refractivity contribution >= 4 is 22.9 Å². The van der Waals surface area contributed by atoms with Crippen molar-refractivity contribution in [2.45, 2.75) is 0 Å². The van der Waals surface area contributed by atoms with Crippen LogP contribution in [0.5, 0.6) is 11.5 Å². The standard InChI is InChI=1S/C26H38N6O4/c1-31(2)15-13-27-9-11-29-17-5-6-18(30-12-10-28-14-16-32(3)4)22-21(17)25(35)23-19(33)7-8-20(34)24(23)26(22)36/h5-8,27-30,33-34H,9-16H2,1-4H3. The minimum atomic E-state index is -0.496. The van der Waals surface area contributed by atoms with Gasteiger partial charge in [0, 0.05) is 63.7 Å². The van der Waals surface area contributed by atoms with Gasteiger partial charge in [0.25, 0.3) is 0 Å². The number of phenols is 2. The van der Waals surface area contributed by atoms with Crippen molar-refractivity contribution in [3.8, 4) is 11.5 Å². The molecule has 0 fully saturated rings. The summed E-state index contributed by atoms with van der Waals surface area (Å²) >= 11 is 0. The summed E-state index contributed by atoms with van der Waals surface area (Å²) in [6.07, 6.45) is 0. The largest absolute Gasteiger partial charge is 0.507 e. The summed E-state index contributed by atoms with van der Waals surface area (Å²) in [5, 5.41) is 34.0. The van der Waals surface area contributed by atoms with Gasteiger partial charge in [-0.1, -0.05) is 0 Å². The van der Waals surface area contributed by atoms with E-state index in [-0.39, 0.29) is 33.8 Å². The number of nitrogens with zero attached hydrogens (tertiary/aromatic N) is 2. The van der Waals surface area contributed by atoms with Crippen LogP contribution in [-0.2, 0) is 0 Å². The summed E-state index contributed by atoms with van der Waals surface area (Å²) in [5.41, 5.74) is 1.10. The molecular formula is C26H38N6O4. The third-order valence-corrected chi connectivity index (χ3v) is 5.98. The van der Waals surface area contributed by atoms with E-state index in [0.717, 1.165) is 26.2 Å². The second-order valence-electron chi connectivity index (χ2n) is 9.38. The second-order valence-corrected chi connectivity index (χ2v) is 9.38. The molecule has 0 aromatic heterocycles. The molecule has 36 heavy (non-hydrogen) atoms. The van der Waals surface area contributed by atoms with Crippen molar-refractivity contribution in [2.24, 2.45) is 0 Å². The van der Waals surface area contributed by atoms with Gasteiger partial charge in [0.2, 0.25) is 11.6 Å². The van der Waals surface area contributed by atoms with E-state index in [4.69, 9.17) is 0 Å². The van der Waals surface area contributed by atoms with Crippen LogP contribution in [0, 0.1) is 0 Å². The highest BCUT2D eigenvalue weighted by Gasteiger charge is 2.37. The Morgan fingerprint density at radius 3 is 1.33 bits per heavy atom. The molecule has 1 aliphatic rings. The van der Waals surface area contributed by atoms with Gasteiger partial charge in [-0.05, 0) is 52.5 Å². The van der Waals surface area contributed by atoms with Crippen LogP contribution in [0.2, 0.25) is 0 Å². The number of ketones is 2. The number of aromatic hydroxyl groups is 2. The predicted molar refractivity (Wildman–Crippen MR) is 143 cm³/mol. The van der Waals surface area contributed by atoms with Crippen LogP contribution in [0.15, 0.2) is 24.3 Å². The minimum absolute atomic E-state index is 0.165. The fraction of sp³-hybridized carbons (Fsp3) is 0.462. The summed E-state index contributed by atoms with van der Waals surface area (Å²) in [4.78, 5) is 31.3. The molecule has 0 radical (unpaired) electrons. The van der Waals surface area contributed by atoms with Gasteiger partial charge in [0.05, 0.1) is 22.3 Å². The molecule has 0 bridgehead atoms. The highest BCUT2D eigenvalue weighted by atomic mass is 16.3. The van der Waals surface area contributed by atoms with Crippen LogP contribution in [0.3, 0.4) is 0 Å². The lowest BCUT2D eigenvalue weighted by atomic mass is 9.81.